The summed E-state index contributed by atoms with van der Waals surface area (Å²) < 4.78 is 0. The minimum absolute atomic E-state index is 0. The van der Waals surface area contributed by atoms with Crippen LogP contribution in [0.5, 0.6) is 0 Å². The molecule has 232 valence electrons. The lowest BCUT2D eigenvalue weighted by molar-refractivity contribution is -0.123. The molecule has 0 bridgehead atoms. The van der Waals surface area contributed by atoms with Crippen molar-refractivity contribution in [3.63, 3.8) is 0 Å². The van der Waals surface area contributed by atoms with E-state index in [1.54, 1.807) is 0 Å². The van der Waals surface area contributed by atoms with Gasteiger partial charge in [-0.3, -0.25) is 14.9 Å². The molecule has 1 saturated carbocycles. The third-order valence-corrected chi connectivity index (χ3v) is 7.84. The Morgan fingerprint density at radius 1 is 0.705 bits per heavy atom. The van der Waals surface area contributed by atoms with Gasteiger partial charge in [-0.2, -0.15) is 0 Å². The summed E-state index contributed by atoms with van der Waals surface area (Å²) in [6, 6.07) is 35.9. The Morgan fingerprint density at radius 3 is 1.93 bits per heavy atom. The molecule has 6 heteroatoms. The lowest BCUT2D eigenvalue weighted by Crippen LogP contribution is -2.44. The monoisotopic (exact) mass is 592 g/mol. The van der Waals surface area contributed by atoms with Crippen molar-refractivity contribution in [3.05, 3.63) is 120 Å². The van der Waals surface area contributed by atoms with Gasteiger partial charge in [0.2, 0.25) is 5.91 Å². The summed E-state index contributed by atoms with van der Waals surface area (Å²) >= 11 is 0. The normalized spacial score (nSPS) is 16.4. The number of hydrogen-bond acceptors (Lipinski definition) is 4. The topological polar surface area (TPSA) is 82.3 Å². The molecule has 1 atom stereocenters. The molecule has 4 aromatic carbocycles. The SMILES string of the molecule is C.C.CCCNC(=O)C(NC1CCC(Nc2ccc(NC(=O)c3ccccc3-c3ccccc3)cc2)CC1)c1ccccc1. The highest BCUT2D eigenvalue weighted by molar-refractivity contribution is 6.08. The van der Waals surface area contributed by atoms with Crippen molar-refractivity contribution in [1.82, 2.24) is 10.6 Å². The fourth-order valence-electron chi connectivity index (χ4n) is 5.59. The Kier molecular flexibility index (Phi) is 13.2. The van der Waals surface area contributed by atoms with Gasteiger partial charge in [0.1, 0.15) is 6.04 Å². The van der Waals surface area contributed by atoms with Gasteiger partial charge in [-0.25, -0.2) is 0 Å². The average molecular weight is 593 g/mol. The van der Waals surface area contributed by atoms with E-state index >= 15 is 0 Å². The third-order valence-electron chi connectivity index (χ3n) is 7.84. The van der Waals surface area contributed by atoms with Gasteiger partial charge in [0, 0.05) is 35.6 Å². The lowest BCUT2D eigenvalue weighted by atomic mass is 9.90. The minimum atomic E-state index is -0.338. The van der Waals surface area contributed by atoms with Crippen molar-refractivity contribution >= 4 is 23.2 Å². The maximum atomic E-state index is 13.1. The summed E-state index contributed by atoms with van der Waals surface area (Å²) in [5, 5.41) is 13.4. The van der Waals surface area contributed by atoms with Crippen LogP contribution in [0.3, 0.4) is 0 Å². The number of hydrogen-bond donors (Lipinski definition) is 4. The van der Waals surface area contributed by atoms with Gasteiger partial charge in [-0.1, -0.05) is 101 Å². The van der Waals surface area contributed by atoms with E-state index in [0.29, 0.717) is 18.2 Å². The zero-order valence-corrected chi connectivity index (χ0v) is 24.2. The molecule has 0 aromatic heterocycles. The summed E-state index contributed by atoms with van der Waals surface area (Å²) in [6.07, 6.45) is 4.95. The molecule has 0 spiro atoms. The van der Waals surface area contributed by atoms with Gasteiger partial charge in [0.25, 0.3) is 5.91 Å². The second kappa shape index (κ2) is 17.0. The number of carbonyl (C=O) groups excluding carboxylic acids is 2. The van der Waals surface area contributed by atoms with Crippen LogP contribution in [0, 0.1) is 0 Å². The van der Waals surface area contributed by atoms with Gasteiger partial charge in [0.15, 0.2) is 0 Å². The smallest absolute Gasteiger partial charge is 0.256 e. The van der Waals surface area contributed by atoms with Crippen LogP contribution in [0.1, 0.15) is 75.8 Å². The molecule has 44 heavy (non-hydrogen) atoms. The molecule has 4 aromatic rings. The Labute approximate surface area is 263 Å². The molecule has 5 rings (SSSR count). The molecule has 1 aliphatic carbocycles. The molecule has 4 N–H and O–H groups in total. The van der Waals surface area contributed by atoms with Crippen molar-refractivity contribution < 1.29 is 9.59 Å². The van der Waals surface area contributed by atoms with Crippen LogP contribution in [-0.2, 0) is 4.79 Å². The first-order valence-corrected chi connectivity index (χ1v) is 15.0. The van der Waals surface area contributed by atoms with E-state index in [-0.39, 0.29) is 38.8 Å². The fraction of sp³-hybridized carbons (Fsp3) is 0.316. The maximum Gasteiger partial charge on any atom is 0.256 e. The first-order valence-electron chi connectivity index (χ1n) is 15.0. The Balaban J connectivity index is 0.00000264. The summed E-state index contributed by atoms with van der Waals surface area (Å²) in [6.45, 7) is 2.75. The van der Waals surface area contributed by atoms with E-state index in [9.17, 15) is 9.59 Å². The molecule has 6 nitrogen and oxygen atoms in total. The molecular formula is C38H48N4O2. The number of benzene rings is 4. The predicted molar refractivity (Wildman–Crippen MR) is 185 cm³/mol. The minimum Gasteiger partial charge on any atom is -0.382 e. The largest absolute Gasteiger partial charge is 0.382 e. The first kappa shape index (κ1) is 34.1. The van der Waals surface area contributed by atoms with Crippen molar-refractivity contribution in [2.24, 2.45) is 0 Å². The van der Waals surface area contributed by atoms with Crippen LogP contribution in [0.25, 0.3) is 11.1 Å². The predicted octanol–water partition coefficient (Wildman–Crippen LogP) is 8.46. The summed E-state index contributed by atoms with van der Waals surface area (Å²) in [4.78, 5) is 26.1. The zero-order valence-electron chi connectivity index (χ0n) is 24.2. The van der Waals surface area contributed by atoms with Crippen LogP contribution < -0.4 is 21.3 Å². The van der Waals surface area contributed by atoms with Crippen molar-refractivity contribution in [2.45, 2.75) is 72.0 Å². The number of amides is 2. The molecule has 2 amide bonds. The van der Waals surface area contributed by atoms with Gasteiger partial charge in [-0.15, -0.1) is 0 Å². The van der Waals surface area contributed by atoms with E-state index in [4.69, 9.17) is 0 Å². The van der Waals surface area contributed by atoms with Crippen molar-refractivity contribution in [3.8, 4) is 11.1 Å². The Morgan fingerprint density at radius 2 is 1.27 bits per heavy atom. The van der Waals surface area contributed by atoms with Gasteiger partial charge >= 0.3 is 0 Å². The number of nitrogens with one attached hydrogen (secondary N) is 4. The van der Waals surface area contributed by atoms with E-state index in [2.05, 4.69) is 28.2 Å². The van der Waals surface area contributed by atoms with E-state index < -0.39 is 0 Å². The average Bonchev–Trinajstić information content (AvgIpc) is 3.05. The molecule has 0 aliphatic heterocycles. The van der Waals surface area contributed by atoms with Crippen LogP contribution in [0.15, 0.2) is 109 Å². The van der Waals surface area contributed by atoms with Crippen molar-refractivity contribution in [1.29, 1.82) is 0 Å². The second-order valence-corrected chi connectivity index (χ2v) is 10.9. The highest BCUT2D eigenvalue weighted by Gasteiger charge is 2.27. The van der Waals surface area contributed by atoms with Gasteiger partial charge in [-0.05, 0) is 79.1 Å². The summed E-state index contributed by atoms with van der Waals surface area (Å²) in [7, 11) is 0. The fourth-order valence-corrected chi connectivity index (χ4v) is 5.59. The molecule has 0 saturated heterocycles. The van der Waals surface area contributed by atoms with E-state index in [1.165, 1.54) is 0 Å². The molecule has 1 unspecified atom stereocenters. The van der Waals surface area contributed by atoms with Crippen LogP contribution in [-0.4, -0.2) is 30.4 Å². The van der Waals surface area contributed by atoms with E-state index in [1.807, 2.05) is 109 Å². The van der Waals surface area contributed by atoms with Crippen molar-refractivity contribution in [2.75, 3.05) is 17.2 Å². The maximum absolute atomic E-state index is 13.1. The lowest BCUT2D eigenvalue weighted by Gasteiger charge is -2.33. The molecule has 1 fully saturated rings. The first-order chi connectivity index (χ1) is 20.6. The Bertz CT molecular complexity index is 1430. The quantitative estimate of drug-likeness (QED) is 0.141. The second-order valence-electron chi connectivity index (χ2n) is 10.9. The summed E-state index contributed by atoms with van der Waals surface area (Å²) in [5.74, 6) is -0.0859. The van der Waals surface area contributed by atoms with Crippen LogP contribution >= 0.6 is 0 Å². The third kappa shape index (κ3) is 9.04. The number of anilines is 2. The zero-order chi connectivity index (χ0) is 29.1. The summed E-state index contributed by atoms with van der Waals surface area (Å²) in [5.41, 5.74) is 5.37. The van der Waals surface area contributed by atoms with Gasteiger partial charge in [0.05, 0.1) is 0 Å². The highest BCUT2D eigenvalue weighted by atomic mass is 16.2. The van der Waals surface area contributed by atoms with Crippen LogP contribution in [0.2, 0.25) is 0 Å². The Hall–Kier alpha value is -4.42. The van der Waals surface area contributed by atoms with E-state index in [0.717, 1.165) is 60.2 Å². The number of rotatable bonds is 11. The van der Waals surface area contributed by atoms with Crippen LogP contribution in [0.4, 0.5) is 11.4 Å². The molecule has 1 aliphatic rings. The molecule has 0 radical (unpaired) electrons. The number of carbonyl (C=O) groups is 2. The molecule has 0 heterocycles. The molecular weight excluding hydrogens is 544 g/mol. The standard InChI is InChI=1S/C36H40N4O2.2CH4/c1-2-25-37-36(42)34(27-13-7-4-8-14-27)39-30-21-17-28(18-22-30)38-29-19-23-31(24-20-29)40-35(41)33-16-10-9-15-32(33)26-11-5-3-6-12-26;;/h3-16,19-20,23-24,28,30,34,38-39H,2,17-18,21-22,25H2,1H3,(H,37,42)(H,40,41);2*1H4. The van der Waals surface area contributed by atoms with Gasteiger partial charge < -0.3 is 16.0 Å². The highest BCUT2D eigenvalue weighted by Crippen LogP contribution is 2.27.